The predicted octanol–water partition coefficient (Wildman–Crippen LogP) is 0.267. The van der Waals surface area contributed by atoms with Crippen molar-refractivity contribution in [1.82, 2.24) is 4.90 Å². The molecule has 0 heterocycles. The summed E-state index contributed by atoms with van der Waals surface area (Å²) in [5.41, 5.74) is 0. The summed E-state index contributed by atoms with van der Waals surface area (Å²) in [6, 6.07) is 0. The van der Waals surface area contributed by atoms with Gasteiger partial charge >= 0.3 is 6.09 Å². The molecule has 5 nitrogen and oxygen atoms in total. The summed E-state index contributed by atoms with van der Waals surface area (Å²) >= 11 is 0. The van der Waals surface area contributed by atoms with E-state index < -0.39 is 6.09 Å². The summed E-state index contributed by atoms with van der Waals surface area (Å²) in [7, 11) is 0. The van der Waals surface area contributed by atoms with Gasteiger partial charge in [0.15, 0.2) is 0 Å². The monoisotopic (exact) mass is 162 g/mol. The van der Waals surface area contributed by atoms with Crippen molar-refractivity contribution in [2.45, 2.75) is 13.3 Å². The van der Waals surface area contributed by atoms with Crippen LogP contribution in [0.2, 0.25) is 0 Å². The van der Waals surface area contributed by atoms with Gasteiger partial charge in [-0.25, -0.2) is 10.7 Å². The average Bonchev–Trinajstić information content (AvgIpc) is 1.97. The van der Waals surface area contributed by atoms with Gasteiger partial charge in [-0.05, 0) is 6.42 Å². The highest BCUT2D eigenvalue weighted by molar-refractivity contribution is 5.64. The second-order valence-electron chi connectivity index (χ2n) is 2.14. The Labute approximate surface area is 65.7 Å². The Morgan fingerprint density at radius 1 is 1.64 bits per heavy atom. The van der Waals surface area contributed by atoms with Crippen LogP contribution in [0.3, 0.4) is 0 Å². The Morgan fingerprint density at radius 3 is 2.64 bits per heavy atom. The van der Waals surface area contributed by atoms with Crippen LogP contribution >= 0.6 is 0 Å². The molecule has 1 amide bonds. The van der Waals surface area contributed by atoms with Gasteiger partial charge < -0.3 is 14.8 Å². The maximum absolute atomic E-state index is 10.4. The van der Waals surface area contributed by atoms with Crippen LogP contribution < -0.4 is 5.90 Å². The molecule has 0 aromatic carbocycles. The van der Waals surface area contributed by atoms with Gasteiger partial charge in [-0.1, -0.05) is 6.92 Å². The van der Waals surface area contributed by atoms with Gasteiger partial charge in [-0.3, -0.25) is 0 Å². The number of hydrogen-bond acceptors (Lipinski definition) is 3. The van der Waals surface area contributed by atoms with E-state index in [-0.39, 0.29) is 6.61 Å². The number of hydrogen-bond donors (Lipinski definition) is 2. The lowest BCUT2D eigenvalue weighted by Gasteiger charge is -2.16. The van der Waals surface area contributed by atoms with Gasteiger partial charge in [0.05, 0.1) is 6.61 Å². The van der Waals surface area contributed by atoms with E-state index in [4.69, 9.17) is 11.0 Å². The fraction of sp³-hybridized carbons (Fsp3) is 0.833. The standard InChI is InChI=1S/C6H14N2O3/c1-2-3-8(6(9)10)4-5-11-7/h2-5,7H2,1H3,(H,9,10). The lowest BCUT2D eigenvalue weighted by Crippen LogP contribution is -2.33. The van der Waals surface area contributed by atoms with Crippen molar-refractivity contribution in [2.75, 3.05) is 19.7 Å². The Hall–Kier alpha value is -0.810. The fourth-order valence-corrected chi connectivity index (χ4v) is 0.736. The first-order valence-electron chi connectivity index (χ1n) is 3.52. The molecule has 5 heteroatoms. The highest BCUT2D eigenvalue weighted by Gasteiger charge is 2.08. The molecule has 0 fully saturated rings. The summed E-state index contributed by atoms with van der Waals surface area (Å²) < 4.78 is 0. The summed E-state index contributed by atoms with van der Waals surface area (Å²) in [6.45, 7) is 3.02. The molecule has 0 aliphatic rings. The van der Waals surface area contributed by atoms with Crippen molar-refractivity contribution < 1.29 is 14.7 Å². The van der Waals surface area contributed by atoms with Crippen molar-refractivity contribution >= 4 is 6.09 Å². The number of nitrogens with zero attached hydrogens (tertiary/aromatic N) is 1. The molecule has 0 saturated carbocycles. The zero-order chi connectivity index (χ0) is 8.69. The van der Waals surface area contributed by atoms with Crippen molar-refractivity contribution in [3.8, 4) is 0 Å². The van der Waals surface area contributed by atoms with Gasteiger partial charge in [-0.15, -0.1) is 0 Å². The third-order valence-corrected chi connectivity index (χ3v) is 1.24. The number of amides is 1. The van der Waals surface area contributed by atoms with Crippen LogP contribution in [-0.2, 0) is 4.84 Å². The van der Waals surface area contributed by atoms with E-state index in [1.165, 1.54) is 4.90 Å². The highest BCUT2D eigenvalue weighted by Crippen LogP contribution is 1.91. The van der Waals surface area contributed by atoms with Gasteiger partial charge in [0.2, 0.25) is 0 Å². The quantitative estimate of drug-likeness (QED) is 0.569. The number of nitrogens with two attached hydrogens (primary N) is 1. The molecule has 0 unspecified atom stereocenters. The lowest BCUT2D eigenvalue weighted by atomic mass is 10.4. The number of rotatable bonds is 5. The highest BCUT2D eigenvalue weighted by atomic mass is 16.6. The molecule has 0 rings (SSSR count). The minimum absolute atomic E-state index is 0.242. The topological polar surface area (TPSA) is 75.8 Å². The first kappa shape index (κ1) is 10.2. The molecule has 0 radical (unpaired) electrons. The van der Waals surface area contributed by atoms with E-state index in [9.17, 15) is 4.79 Å². The van der Waals surface area contributed by atoms with Crippen LogP contribution in [-0.4, -0.2) is 35.8 Å². The molecule has 0 atom stereocenters. The first-order valence-corrected chi connectivity index (χ1v) is 3.52. The lowest BCUT2D eigenvalue weighted by molar-refractivity contribution is 0.0954. The van der Waals surface area contributed by atoms with Gasteiger partial charge in [-0.2, -0.15) is 0 Å². The summed E-state index contributed by atoms with van der Waals surface area (Å²) in [4.78, 5) is 16.0. The molecule has 0 aliphatic carbocycles. The predicted molar refractivity (Wildman–Crippen MR) is 40.0 cm³/mol. The Morgan fingerprint density at radius 2 is 2.27 bits per heavy atom. The maximum Gasteiger partial charge on any atom is 0.407 e. The molecule has 11 heavy (non-hydrogen) atoms. The van der Waals surface area contributed by atoms with Crippen LogP contribution in [0.4, 0.5) is 4.79 Å². The van der Waals surface area contributed by atoms with Crippen molar-refractivity contribution in [3.05, 3.63) is 0 Å². The van der Waals surface area contributed by atoms with Gasteiger partial charge in [0, 0.05) is 13.1 Å². The van der Waals surface area contributed by atoms with E-state index in [1.54, 1.807) is 0 Å². The Balaban J connectivity index is 3.60. The minimum atomic E-state index is -0.927. The molecule has 0 aromatic rings. The first-order chi connectivity index (χ1) is 5.22. The number of carboxylic acid groups (broad SMARTS) is 1. The van der Waals surface area contributed by atoms with Crippen molar-refractivity contribution in [3.63, 3.8) is 0 Å². The Kier molecular flexibility index (Phi) is 5.50. The molecular weight excluding hydrogens is 148 g/mol. The van der Waals surface area contributed by atoms with Crippen LogP contribution in [0.25, 0.3) is 0 Å². The average molecular weight is 162 g/mol. The molecular formula is C6H14N2O3. The van der Waals surface area contributed by atoms with E-state index >= 15 is 0 Å². The van der Waals surface area contributed by atoms with Crippen LogP contribution in [0.15, 0.2) is 0 Å². The van der Waals surface area contributed by atoms with Gasteiger partial charge in [0.25, 0.3) is 0 Å². The van der Waals surface area contributed by atoms with Crippen LogP contribution in [0.5, 0.6) is 0 Å². The Bertz CT molecular complexity index is 118. The zero-order valence-corrected chi connectivity index (χ0v) is 6.62. The smallest absolute Gasteiger partial charge is 0.407 e. The molecule has 0 spiro atoms. The molecule has 3 N–H and O–H groups in total. The third kappa shape index (κ3) is 4.58. The normalized spacial score (nSPS) is 9.64. The zero-order valence-electron chi connectivity index (χ0n) is 6.62. The molecule has 0 saturated heterocycles. The summed E-state index contributed by atoms with van der Waals surface area (Å²) in [6.07, 6.45) is -0.124. The van der Waals surface area contributed by atoms with E-state index in [2.05, 4.69) is 4.84 Å². The minimum Gasteiger partial charge on any atom is -0.465 e. The van der Waals surface area contributed by atoms with Crippen molar-refractivity contribution in [2.24, 2.45) is 5.90 Å². The summed E-state index contributed by atoms with van der Waals surface area (Å²) in [5.74, 6) is 4.75. The summed E-state index contributed by atoms with van der Waals surface area (Å²) in [5, 5.41) is 8.56. The van der Waals surface area contributed by atoms with Crippen LogP contribution in [0.1, 0.15) is 13.3 Å². The van der Waals surface area contributed by atoms with Gasteiger partial charge in [0.1, 0.15) is 0 Å². The van der Waals surface area contributed by atoms with E-state index in [1.807, 2.05) is 6.92 Å². The van der Waals surface area contributed by atoms with Crippen molar-refractivity contribution in [1.29, 1.82) is 0 Å². The van der Waals surface area contributed by atoms with Crippen LogP contribution in [0, 0.1) is 0 Å². The molecule has 0 bridgehead atoms. The maximum atomic E-state index is 10.4. The fourth-order valence-electron chi connectivity index (χ4n) is 0.736. The second-order valence-corrected chi connectivity index (χ2v) is 2.14. The molecule has 0 aliphatic heterocycles. The third-order valence-electron chi connectivity index (χ3n) is 1.24. The van der Waals surface area contributed by atoms with E-state index in [0.29, 0.717) is 13.1 Å². The number of carbonyl (C=O) groups is 1. The SMILES string of the molecule is CCCN(CCON)C(=O)O. The second kappa shape index (κ2) is 5.94. The largest absolute Gasteiger partial charge is 0.465 e. The molecule has 66 valence electrons. The van der Waals surface area contributed by atoms with E-state index in [0.717, 1.165) is 6.42 Å². The molecule has 0 aromatic heterocycles.